The van der Waals surface area contributed by atoms with Crippen LogP contribution in [0, 0.1) is 11.8 Å². The van der Waals surface area contributed by atoms with E-state index in [0.717, 1.165) is 43.1 Å². The Kier molecular flexibility index (Phi) is 10.4. The molecule has 3 heteroatoms. The Morgan fingerprint density at radius 3 is 1.58 bits per heavy atom. The highest BCUT2D eigenvalue weighted by Crippen LogP contribution is 2.41. The van der Waals surface area contributed by atoms with Crippen LogP contribution in [0.5, 0.6) is 0 Å². The van der Waals surface area contributed by atoms with Crippen LogP contribution in [0.1, 0.15) is 124 Å². The lowest BCUT2D eigenvalue weighted by Gasteiger charge is -2.29. The molecule has 0 bridgehead atoms. The molecule has 0 aliphatic heterocycles. The first-order chi connectivity index (χ1) is 18.4. The number of hydrogen-bond acceptors (Lipinski definition) is 1. The molecule has 0 amide bonds. The molecule has 0 spiro atoms. The van der Waals surface area contributed by atoms with Gasteiger partial charge >= 0.3 is 6.11 Å². The first-order valence-electron chi connectivity index (χ1n) is 14.9. The molecule has 2 aliphatic carbocycles. The minimum atomic E-state index is -3.33. The molecule has 2 fully saturated rings. The van der Waals surface area contributed by atoms with E-state index in [9.17, 15) is 0 Å². The van der Waals surface area contributed by atoms with E-state index in [-0.39, 0.29) is 5.56 Å². The molecule has 2 aromatic rings. The summed E-state index contributed by atoms with van der Waals surface area (Å²) in [7, 11) is 0. The molecular formula is C35H46F2O. The van der Waals surface area contributed by atoms with Gasteiger partial charge in [0.2, 0.25) is 0 Å². The van der Waals surface area contributed by atoms with Crippen molar-refractivity contribution in [3.63, 3.8) is 0 Å². The maximum Gasteiger partial charge on any atom is 0.383 e. The van der Waals surface area contributed by atoms with E-state index in [2.05, 4.69) is 25.3 Å². The van der Waals surface area contributed by atoms with Crippen LogP contribution in [0.2, 0.25) is 0 Å². The molecule has 0 aromatic heterocycles. The van der Waals surface area contributed by atoms with Crippen molar-refractivity contribution in [1.82, 2.24) is 0 Å². The minimum absolute atomic E-state index is 0.0717. The van der Waals surface area contributed by atoms with Gasteiger partial charge < -0.3 is 4.74 Å². The number of rotatable bonds is 12. The van der Waals surface area contributed by atoms with Gasteiger partial charge in [0.05, 0.1) is 11.7 Å². The fraction of sp³-hybridized carbons (Fsp3) is 0.543. The zero-order chi connectivity index (χ0) is 27.0. The molecule has 0 N–H and O–H groups in total. The van der Waals surface area contributed by atoms with Crippen molar-refractivity contribution >= 4 is 0 Å². The second kappa shape index (κ2) is 13.7. The molecule has 206 valence electrons. The van der Waals surface area contributed by atoms with Crippen LogP contribution >= 0.6 is 0 Å². The maximum absolute atomic E-state index is 15.1. The van der Waals surface area contributed by atoms with Crippen LogP contribution in [-0.2, 0) is 10.8 Å². The number of benzene rings is 2. The number of alkyl halides is 2. The van der Waals surface area contributed by atoms with E-state index in [0.29, 0.717) is 11.8 Å². The Labute approximate surface area is 229 Å². The summed E-state index contributed by atoms with van der Waals surface area (Å²) in [5.74, 6) is 2.63. The average Bonchev–Trinajstić information content (AvgIpc) is 2.95. The highest BCUT2D eigenvalue weighted by Gasteiger charge is 2.35. The third-order valence-corrected chi connectivity index (χ3v) is 9.17. The molecule has 1 nitrogen and oxygen atoms in total. The molecule has 0 radical (unpaired) electrons. The summed E-state index contributed by atoms with van der Waals surface area (Å²) >= 11 is 0. The Morgan fingerprint density at radius 1 is 0.737 bits per heavy atom. The van der Waals surface area contributed by atoms with Gasteiger partial charge in [-0.2, -0.15) is 8.78 Å². The van der Waals surface area contributed by atoms with Crippen molar-refractivity contribution < 1.29 is 13.5 Å². The minimum Gasteiger partial charge on any atom is -0.309 e. The van der Waals surface area contributed by atoms with Gasteiger partial charge in [-0.15, -0.1) is 13.2 Å². The van der Waals surface area contributed by atoms with Gasteiger partial charge in [-0.05, 0) is 124 Å². The molecule has 2 saturated carbocycles. The van der Waals surface area contributed by atoms with Gasteiger partial charge in [0, 0.05) is 0 Å². The smallest absolute Gasteiger partial charge is 0.309 e. The highest BCUT2D eigenvalue weighted by atomic mass is 19.3. The Hall–Kier alpha value is -2.26. The van der Waals surface area contributed by atoms with Gasteiger partial charge in [0.25, 0.3) is 0 Å². The predicted octanol–water partition coefficient (Wildman–Crippen LogP) is 11.0. The molecule has 2 aliphatic rings. The molecule has 1 atom stereocenters. The van der Waals surface area contributed by atoms with E-state index in [1.807, 2.05) is 36.4 Å². The normalized spacial score (nSPS) is 25.0. The Balaban J connectivity index is 1.29. The van der Waals surface area contributed by atoms with Crippen LogP contribution in [-0.4, -0.2) is 0 Å². The number of ether oxygens (including phenoxy) is 1. The zero-order valence-corrected chi connectivity index (χ0v) is 23.2. The van der Waals surface area contributed by atoms with Gasteiger partial charge in [-0.3, -0.25) is 0 Å². The highest BCUT2D eigenvalue weighted by molar-refractivity contribution is 5.29. The van der Waals surface area contributed by atoms with E-state index in [1.165, 1.54) is 62.5 Å². The summed E-state index contributed by atoms with van der Waals surface area (Å²) in [5.41, 5.74) is 3.21. The maximum atomic E-state index is 15.1. The lowest BCUT2D eigenvalue weighted by Crippen LogP contribution is -2.21. The van der Waals surface area contributed by atoms with Crippen LogP contribution in [0.4, 0.5) is 8.78 Å². The summed E-state index contributed by atoms with van der Waals surface area (Å²) < 4.78 is 35.5. The van der Waals surface area contributed by atoms with E-state index < -0.39 is 12.2 Å². The van der Waals surface area contributed by atoms with E-state index in [4.69, 9.17) is 4.74 Å². The van der Waals surface area contributed by atoms with Gasteiger partial charge in [-0.1, -0.05) is 60.7 Å². The van der Waals surface area contributed by atoms with Gasteiger partial charge in [0.15, 0.2) is 0 Å². The third kappa shape index (κ3) is 7.65. The predicted molar refractivity (Wildman–Crippen MR) is 155 cm³/mol. The summed E-state index contributed by atoms with van der Waals surface area (Å²) in [5, 5.41) is 0. The van der Waals surface area contributed by atoms with Crippen molar-refractivity contribution in [2.45, 2.75) is 108 Å². The quantitative estimate of drug-likeness (QED) is 0.253. The van der Waals surface area contributed by atoms with Gasteiger partial charge in [-0.25, -0.2) is 0 Å². The van der Waals surface area contributed by atoms with Crippen molar-refractivity contribution in [3.05, 3.63) is 96.1 Å². The SMILES string of the molecule is C=CCCC1CCC(c2ccc(C(C)OC(F)(F)c3ccc(C4CCC(CCC=C)CC4)cc3)cc2)CC1. The number of allylic oxidation sites excluding steroid dienone is 2. The number of halogens is 2. The molecule has 0 saturated heterocycles. The molecule has 38 heavy (non-hydrogen) atoms. The number of hydrogen-bond donors (Lipinski definition) is 0. The Bertz CT molecular complexity index is 993. The van der Waals surface area contributed by atoms with Crippen LogP contribution in [0.3, 0.4) is 0 Å². The monoisotopic (exact) mass is 520 g/mol. The molecular weight excluding hydrogens is 474 g/mol. The van der Waals surface area contributed by atoms with E-state index in [1.54, 1.807) is 19.1 Å². The second-order valence-corrected chi connectivity index (χ2v) is 11.7. The van der Waals surface area contributed by atoms with Crippen LogP contribution < -0.4 is 0 Å². The summed E-state index contributed by atoms with van der Waals surface area (Å²) in [6.07, 6.45) is 14.3. The fourth-order valence-corrected chi connectivity index (χ4v) is 6.62. The standard InChI is InChI=1S/C35H46F2O/c1-4-6-8-27-10-14-30(15-11-27)32-20-18-29(19-21-32)26(3)38-35(36,37)34-24-22-33(23-25-34)31-16-12-28(13-17-31)9-7-5-2/h4-5,18-28,30-31H,1-2,6-17H2,3H3. The lowest BCUT2D eigenvalue weighted by atomic mass is 9.77. The van der Waals surface area contributed by atoms with Crippen molar-refractivity contribution in [2.24, 2.45) is 11.8 Å². The summed E-state index contributed by atoms with van der Waals surface area (Å²) in [6, 6.07) is 15.0. The van der Waals surface area contributed by atoms with Crippen molar-refractivity contribution in [1.29, 1.82) is 0 Å². The summed E-state index contributed by atoms with van der Waals surface area (Å²) in [6.45, 7) is 9.38. The van der Waals surface area contributed by atoms with Crippen LogP contribution in [0.25, 0.3) is 0 Å². The molecule has 4 rings (SSSR count). The second-order valence-electron chi connectivity index (χ2n) is 11.7. The van der Waals surface area contributed by atoms with Crippen LogP contribution in [0.15, 0.2) is 73.8 Å². The van der Waals surface area contributed by atoms with E-state index >= 15 is 8.78 Å². The molecule has 0 heterocycles. The zero-order valence-electron chi connectivity index (χ0n) is 23.2. The summed E-state index contributed by atoms with van der Waals surface area (Å²) in [4.78, 5) is 0. The fourth-order valence-electron chi connectivity index (χ4n) is 6.62. The average molecular weight is 521 g/mol. The first kappa shape index (κ1) is 28.7. The first-order valence-corrected chi connectivity index (χ1v) is 14.9. The molecule has 1 unspecified atom stereocenters. The third-order valence-electron chi connectivity index (χ3n) is 9.17. The topological polar surface area (TPSA) is 9.23 Å². The largest absolute Gasteiger partial charge is 0.383 e. The Morgan fingerprint density at radius 2 is 1.16 bits per heavy atom. The van der Waals surface area contributed by atoms with Gasteiger partial charge in [0.1, 0.15) is 0 Å². The molecule has 2 aromatic carbocycles. The van der Waals surface area contributed by atoms with Crippen molar-refractivity contribution in [2.75, 3.05) is 0 Å². The lowest BCUT2D eigenvalue weighted by molar-refractivity contribution is -0.272. The van der Waals surface area contributed by atoms with Crippen molar-refractivity contribution in [3.8, 4) is 0 Å².